The van der Waals surface area contributed by atoms with E-state index in [0.29, 0.717) is 6.04 Å². The van der Waals surface area contributed by atoms with Gasteiger partial charge in [0.05, 0.1) is 0 Å². The van der Waals surface area contributed by atoms with Crippen molar-refractivity contribution in [3.8, 4) is 0 Å². The maximum absolute atomic E-state index is 6.05. The van der Waals surface area contributed by atoms with Crippen LogP contribution in [0.5, 0.6) is 0 Å². The van der Waals surface area contributed by atoms with Crippen molar-refractivity contribution < 1.29 is 0 Å². The summed E-state index contributed by atoms with van der Waals surface area (Å²) in [4.78, 5) is 2.67. The summed E-state index contributed by atoms with van der Waals surface area (Å²) in [7, 11) is 0. The van der Waals surface area contributed by atoms with Crippen molar-refractivity contribution in [1.29, 1.82) is 0 Å². The number of thioether (sulfide) groups is 1. The zero-order chi connectivity index (χ0) is 11.3. The molecule has 1 aliphatic heterocycles. The molecule has 15 heavy (non-hydrogen) atoms. The summed E-state index contributed by atoms with van der Waals surface area (Å²) in [5.74, 6) is 2.54. The van der Waals surface area contributed by atoms with Gasteiger partial charge in [0.15, 0.2) is 0 Å². The molecule has 0 bridgehead atoms. The third-order valence-corrected chi connectivity index (χ3v) is 4.92. The number of hydrogen-bond donors (Lipinski definition) is 1. The first kappa shape index (κ1) is 13.3. The first-order valence-corrected chi connectivity index (χ1v) is 7.40. The van der Waals surface area contributed by atoms with E-state index in [1.54, 1.807) is 0 Å². The second-order valence-electron chi connectivity index (χ2n) is 4.65. The highest BCUT2D eigenvalue weighted by atomic mass is 32.2. The molecule has 0 aromatic rings. The number of nitrogens with two attached hydrogens (primary N) is 1. The quantitative estimate of drug-likeness (QED) is 0.786. The number of rotatable bonds is 5. The van der Waals surface area contributed by atoms with E-state index in [-0.39, 0.29) is 5.54 Å². The predicted molar refractivity (Wildman–Crippen MR) is 70.5 cm³/mol. The smallest absolute Gasteiger partial charge is 0.0332 e. The Balaban J connectivity index is 2.75. The Kier molecular flexibility index (Phi) is 5.44. The molecule has 0 saturated carbocycles. The van der Waals surface area contributed by atoms with Crippen molar-refractivity contribution in [3.63, 3.8) is 0 Å². The topological polar surface area (TPSA) is 29.3 Å². The average molecular weight is 230 g/mol. The molecule has 3 heteroatoms. The molecule has 0 aromatic heterocycles. The van der Waals surface area contributed by atoms with E-state index in [4.69, 9.17) is 5.73 Å². The Morgan fingerprint density at radius 1 is 1.47 bits per heavy atom. The number of hydrogen-bond acceptors (Lipinski definition) is 3. The summed E-state index contributed by atoms with van der Waals surface area (Å²) >= 11 is 2.08. The van der Waals surface area contributed by atoms with Crippen molar-refractivity contribution in [2.45, 2.75) is 51.6 Å². The third-order valence-electron chi connectivity index (χ3n) is 3.73. The highest BCUT2D eigenvalue weighted by Crippen LogP contribution is 2.30. The molecule has 1 saturated heterocycles. The van der Waals surface area contributed by atoms with Crippen LogP contribution in [0.4, 0.5) is 0 Å². The fraction of sp³-hybridized carbons (Fsp3) is 1.00. The van der Waals surface area contributed by atoms with Crippen LogP contribution in [0.1, 0.15) is 40.0 Å². The molecule has 0 aliphatic carbocycles. The fourth-order valence-electron chi connectivity index (χ4n) is 2.78. The molecule has 2 nitrogen and oxygen atoms in total. The predicted octanol–water partition coefficient (Wildman–Crippen LogP) is 2.33. The summed E-state index contributed by atoms with van der Waals surface area (Å²) < 4.78 is 0. The molecule has 2 atom stereocenters. The van der Waals surface area contributed by atoms with E-state index in [0.717, 1.165) is 6.54 Å². The van der Waals surface area contributed by atoms with Gasteiger partial charge in [-0.2, -0.15) is 11.8 Å². The molecule has 2 N–H and O–H groups in total. The van der Waals surface area contributed by atoms with Gasteiger partial charge in [0.1, 0.15) is 0 Å². The Hall–Kier alpha value is 0.270. The van der Waals surface area contributed by atoms with Crippen molar-refractivity contribution in [2.24, 2.45) is 5.73 Å². The highest BCUT2D eigenvalue weighted by molar-refractivity contribution is 7.99. The van der Waals surface area contributed by atoms with Crippen LogP contribution in [-0.2, 0) is 0 Å². The second-order valence-corrected chi connectivity index (χ2v) is 5.80. The Morgan fingerprint density at radius 2 is 2.20 bits per heavy atom. The first-order valence-electron chi connectivity index (χ1n) is 6.24. The van der Waals surface area contributed by atoms with E-state index in [1.807, 2.05) is 0 Å². The van der Waals surface area contributed by atoms with E-state index in [9.17, 15) is 0 Å². The van der Waals surface area contributed by atoms with Gasteiger partial charge in [0.25, 0.3) is 0 Å². The lowest BCUT2D eigenvalue weighted by Gasteiger charge is -2.48. The molecule has 0 spiro atoms. The largest absolute Gasteiger partial charge is 0.329 e. The van der Waals surface area contributed by atoms with Gasteiger partial charge in [-0.15, -0.1) is 0 Å². The van der Waals surface area contributed by atoms with Gasteiger partial charge >= 0.3 is 0 Å². The van der Waals surface area contributed by atoms with Crippen molar-refractivity contribution >= 4 is 11.8 Å². The zero-order valence-corrected chi connectivity index (χ0v) is 11.3. The molecule has 1 rings (SSSR count). The lowest BCUT2D eigenvalue weighted by molar-refractivity contribution is 0.0546. The van der Waals surface area contributed by atoms with Gasteiger partial charge in [0.2, 0.25) is 0 Å². The lowest BCUT2D eigenvalue weighted by Crippen LogP contribution is -2.59. The van der Waals surface area contributed by atoms with Crippen LogP contribution >= 0.6 is 11.8 Å². The van der Waals surface area contributed by atoms with Crippen molar-refractivity contribution in [3.05, 3.63) is 0 Å². The molecule has 0 radical (unpaired) electrons. The van der Waals surface area contributed by atoms with Crippen LogP contribution in [0.25, 0.3) is 0 Å². The monoisotopic (exact) mass is 230 g/mol. The summed E-state index contributed by atoms with van der Waals surface area (Å²) in [5, 5.41) is 0. The highest BCUT2D eigenvalue weighted by Gasteiger charge is 2.36. The second kappa shape index (κ2) is 6.12. The maximum atomic E-state index is 6.05. The van der Waals surface area contributed by atoms with Crippen LogP contribution in [0.3, 0.4) is 0 Å². The molecule has 1 fully saturated rings. The van der Waals surface area contributed by atoms with E-state index >= 15 is 0 Å². The van der Waals surface area contributed by atoms with Gasteiger partial charge in [-0.1, -0.05) is 20.3 Å². The molecular formula is C12H26N2S. The minimum absolute atomic E-state index is 0.273. The first-order chi connectivity index (χ1) is 7.20. The van der Waals surface area contributed by atoms with Crippen LogP contribution in [0.2, 0.25) is 0 Å². The molecule has 90 valence electrons. The summed E-state index contributed by atoms with van der Waals surface area (Å²) in [6, 6.07) is 0.693. The minimum Gasteiger partial charge on any atom is -0.329 e. The zero-order valence-electron chi connectivity index (χ0n) is 10.5. The van der Waals surface area contributed by atoms with Crippen LogP contribution in [0.15, 0.2) is 0 Å². The van der Waals surface area contributed by atoms with E-state index in [1.165, 1.54) is 37.3 Å². The normalized spacial score (nSPS) is 27.6. The van der Waals surface area contributed by atoms with Crippen molar-refractivity contribution in [1.82, 2.24) is 4.90 Å². The van der Waals surface area contributed by atoms with Crippen LogP contribution < -0.4 is 5.73 Å². The van der Waals surface area contributed by atoms with Gasteiger partial charge < -0.3 is 5.73 Å². The molecule has 1 heterocycles. The van der Waals surface area contributed by atoms with Gasteiger partial charge in [0, 0.05) is 36.2 Å². The fourth-order valence-corrected chi connectivity index (χ4v) is 3.80. The minimum atomic E-state index is 0.273. The Morgan fingerprint density at radius 3 is 2.67 bits per heavy atom. The van der Waals surface area contributed by atoms with Crippen LogP contribution in [-0.4, -0.2) is 41.1 Å². The molecule has 2 unspecified atom stereocenters. The number of nitrogens with zero attached hydrogens (tertiary/aromatic N) is 1. The van der Waals surface area contributed by atoms with Gasteiger partial charge in [-0.05, 0) is 19.8 Å². The summed E-state index contributed by atoms with van der Waals surface area (Å²) in [6.45, 7) is 8.94. The lowest BCUT2D eigenvalue weighted by atomic mass is 9.87. The molecular weight excluding hydrogens is 204 g/mol. The standard InChI is InChI=1S/C12H26N2S/c1-4-6-12(5-2,10-13)14-7-8-15-9-11(14)3/h11H,4-10,13H2,1-3H3. The maximum Gasteiger partial charge on any atom is 0.0332 e. The van der Waals surface area contributed by atoms with Crippen molar-refractivity contribution in [2.75, 3.05) is 24.6 Å². The molecule has 0 aromatic carbocycles. The van der Waals surface area contributed by atoms with Gasteiger partial charge in [-0.25, -0.2) is 0 Å². The van der Waals surface area contributed by atoms with E-state index < -0.39 is 0 Å². The van der Waals surface area contributed by atoms with Gasteiger partial charge in [-0.3, -0.25) is 4.90 Å². The Labute approximate surface area is 99.0 Å². The van der Waals surface area contributed by atoms with Crippen LogP contribution in [0, 0.1) is 0 Å². The third kappa shape index (κ3) is 2.89. The average Bonchev–Trinajstić information content (AvgIpc) is 2.27. The molecule has 0 amide bonds. The summed E-state index contributed by atoms with van der Waals surface area (Å²) in [6.07, 6.45) is 3.67. The molecule has 1 aliphatic rings. The summed E-state index contributed by atoms with van der Waals surface area (Å²) in [5.41, 5.74) is 6.32. The van der Waals surface area contributed by atoms with E-state index in [2.05, 4.69) is 37.4 Å². The Bertz CT molecular complexity index is 180. The SMILES string of the molecule is CCCC(CC)(CN)N1CCSCC1C.